The summed E-state index contributed by atoms with van der Waals surface area (Å²) in [4.78, 5) is 0.684. The van der Waals surface area contributed by atoms with Crippen LogP contribution in [0.1, 0.15) is 5.69 Å². The van der Waals surface area contributed by atoms with Crippen molar-refractivity contribution in [3.63, 3.8) is 0 Å². The predicted octanol–water partition coefficient (Wildman–Crippen LogP) is 1.53. The van der Waals surface area contributed by atoms with E-state index in [0.29, 0.717) is 26.7 Å². The molecule has 1 aliphatic rings. The number of aromatic nitrogens is 2. The molecule has 1 aromatic carbocycles. The van der Waals surface area contributed by atoms with Crippen LogP contribution in [0.25, 0.3) is 11.3 Å². The minimum Gasteiger partial charge on any atom is -0.281 e. The summed E-state index contributed by atoms with van der Waals surface area (Å²) in [7, 11) is -3.35. The molecule has 5 heteroatoms. The molecule has 2 heterocycles. The fourth-order valence-corrected chi connectivity index (χ4v) is 3.73. The minimum absolute atomic E-state index is 0.323. The summed E-state index contributed by atoms with van der Waals surface area (Å²) >= 11 is 0. The number of fused-ring (bicyclic) bond motifs is 3. The van der Waals surface area contributed by atoms with Gasteiger partial charge in [0.15, 0.2) is 0 Å². The third-order valence-corrected chi connectivity index (χ3v) is 4.56. The first-order chi connectivity index (χ1) is 7.12. The Balaban J connectivity index is 2.54. The van der Waals surface area contributed by atoms with E-state index in [4.69, 9.17) is 0 Å². The van der Waals surface area contributed by atoms with E-state index in [0.717, 1.165) is 0 Å². The highest BCUT2D eigenvalue weighted by Gasteiger charge is 2.36. The van der Waals surface area contributed by atoms with Crippen molar-refractivity contribution >= 4 is 9.84 Å². The van der Waals surface area contributed by atoms with Gasteiger partial charge in [0.25, 0.3) is 0 Å². The number of nitrogens with one attached hydrogen (secondary N) is 1. The summed E-state index contributed by atoms with van der Waals surface area (Å²) in [6.07, 6.45) is 0. The van der Waals surface area contributed by atoms with E-state index in [1.54, 1.807) is 25.1 Å². The average Bonchev–Trinajstić information content (AvgIpc) is 2.69. The molecule has 1 aliphatic heterocycles. The summed E-state index contributed by atoms with van der Waals surface area (Å²) in [6.45, 7) is 1.72. The standard InChI is InChI=1S/C10H8N2O2S/c1-6-10-9(12-11-6)7-4-2-3-5-8(7)15(10,13)14/h2-5H,1H3,(H,11,12). The van der Waals surface area contributed by atoms with Gasteiger partial charge in [0.1, 0.15) is 10.6 Å². The summed E-state index contributed by atoms with van der Waals surface area (Å²) < 4.78 is 24.2. The third-order valence-electron chi connectivity index (χ3n) is 2.59. The molecule has 0 saturated carbocycles. The Morgan fingerprint density at radius 3 is 2.80 bits per heavy atom. The molecule has 1 aromatic heterocycles. The number of aryl methyl sites for hydroxylation is 1. The van der Waals surface area contributed by atoms with Gasteiger partial charge in [-0.05, 0) is 13.0 Å². The smallest absolute Gasteiger partial charge is 0.211 e. The maximum Gasteiger partial charge on any atom is 0.211 e. The van der Waals surface area contributed by atoms with Crippen molar-refractivity contribution in [1.82, 2.24) is 10.2 Å². The van der Waals surface area contributed by atoms with Crippen LogP contribution in [0.4, 0.5) is 0 Å². The Morgan fingerprint density at radius 1 is 1.27 bits per heavy atom. The average molecular weight is 220 g/mol. The van der Waals surface area contributed by atoms with Crippen molar-refractivity contribution in [1.29, 1.82) is 0 Å². The van der Waals surface area contributed by atoms with Gasteiger partial charge in [-0.3, -0.25) is 5.10 Å². The molecule has 15 heavy (non-hydrogen) atoms. The normalized spacial score (nSPS) is 16.1. The molecule has 2 aromatic rings. The fourth-order valence-electron chi connectivity index (χ4n) is 1.94. The van der Waals surface area contributed by atoms with Gasteiger partial charge in [0.05, 0.1) is 10.6 Å². The molecule has 0 spiro atoms. The largest absolute Gasteiger partial charge is 0.281 e. The lowest BCUT2D eigenvalue weighted by Crippen LogP contribution is -1.97. The van der Waals surface area contributed by atoms with Crippen molar-refractivity contribution in [2.75, 3.05) is 0 Å². The van der Waals surface area contributed by atoms with Crippen molar-refractivity contribution in [3.8, 4) is 11.3 Å². The van der Waals surface area contributed by atoms with Crippen molar-refractivity contribution in [3.05, 3.63) is 30.0 Å². The number of hydrogen-bond acceptors (Lipinski definition) is 3. The van der Waals surface area contributed by atoms with E-state index in [9.17, 15) is 8.42 Å². The van der Waals surface area contributed by atoms with Gasteiger partial charge >= 0.3 is 0 Å². The fraction of sp³-hybridized carbons (Fsp3) is 0.100. The molecule has 0 aliphatic carbocycles. The summed E-state index contributed by atoms with van der Waals surface area (Å²) in [6, 6.07) is 6.93. The molecule has 0 unspecified atom stereocenters. The first kappa shape index (κ1) is 8.67. The highest BCUT2D eigenvalue weighted by atomic mass is 32.2. The number of rotatable bonds is 0. The van der Waals surface area contributed by atoms with E-state index in [-0.39, 0.29) is 0 Å². The Bertz CT molecular complexity index is 656. The lowest BCUT2D eigenvalue weighted by Gasteiger charge is -1.97. The monoisotopic (exact) mass is 220 g/mol. The molecule has 4 nitrogen and oxygen atoms in total. The van der Waals surface area contributed by atoms with E-state index < -0.39 is 9.84 Å². The molecule has 0 fully saturated rings. The second kappa shape index (κ2) is 2.49. The van der Waals surface area contributed by atoms with Gasteiger partial charge in [0.2, 0.25) is 9.84 Å². The third kappa shape index (κ3) is 0.906. The lowest BCUT2D eigenvalue weighted by molar-refractivity contribution is 0.598. The van der Waals surface area contributed by atoms with E-state index in [1.807, 2.05) is 6.07 Å². The molecular weight excluding hydrogens is 212 g/mol. The molecule has 0 radical (unpaired) electrons. The highest BCUT2D eigenvalue weighted by molar-refractivity contribution is 7.92. The van der Waals surface area contributed by atoms with Crippen LogP contribution in [-0.2, 0) is 9.84 Å². The SMILES string of the molecule is Cc1[nH]nc2c1S(=O)(=O)c1ccccc1-2. The number of benzene rings is 1. The molecule has 0 saturated heterocycles. The van der Waals surface area contributed by atoms with Crippen LogP contribution in [0.5, 0.6) is 0 Å². The number of sulfone groups is 1. The Labute approximate surface area is 86.9 Å². The number of aromatic amines is 1. The van der Waals surface area contributed by atoms with Crippen molar-refractivity contribution < 1.29 is 8.42 Å². The number of H-pyrrole nitrogens is 1. The zero-order valence-electron chi connectivity index (χ0n) is 7.98. The second-order valence-electron chi connectivity index (χ2n) is 3.53. The molecule has 0 atom stereocenters. The van der Waals surface area contributed by atoms with Crippen LogP contribution in [-0.4, -0.2) is 18.6 Å². The lowest BCUT2D eigenvalue weighted by atomic mass is 10.1. The van der Waals surface area contributed by atoms with Gasteiger partial charge in [-0.1, -0.05) is 18.2 Å². The number of nitrogens with zero attached hydrogens (tertiary/aromatic N) is 1. The van der Waals surface area contributed by atoms with Crippen LogP contribution in [0.15, 0.2) is 34.1 Å². The van der Waals surface area contributed by atoms with Crippen molar-refractivity contribution in [2.24, 2.45) is 0 Å². The van der Waals surface area contributed by atoms with Crippen LogP contribution in [0.2, 0.25) is 0 Å². The minimum atomic E-state index is -3.35. The zero-order valence-corrected chi connectivity index (χ0v) is 8.80. The highest BCUT2D eigenvalue weighted by Crippen LogP contribution is 2.42. The summed E-state index contributed by atoms with van der Waals surface area (Å²) in [5.41, 5.74) is 1.83. The van der Waals surface area contributed by atoms with Gasteiger partial charge in [-0.25, -0.2) is 8.42 Å². The van der Waals surface area contributed by atoms with Crippen LogP contribution in [0, 0.1) is 6.92 Å². The Hall–Kier alpha value is -1.62. The van der Waals surface area contributed by atoms with Crippen LogP contribution in [0.3, 0.4) is 0 Å². The maximum absolute atomic E-state index is 12.1. The second-order valence-corrected chi connectivity index (χ2v) is 5.38. The van der Waals surface area contributed by atoms with E-state index in [1.165, 1.54) is 0 Å². The number of hydrogen-bond donors (Lipinski definition) is 1. The van der Waals surface area contributed by atoms with Gasteiger partial charge < -0.3 is 0 Å². The first-order valence-electron chi connectivity index (χ1n) is 4.52. The summed E-state index contributed by atoms with van der Waals surface area (Å²) in [5, 5.41) is 6.74. The topological polar surface area (TPSA) is 62.8 Å². The molecular formula is C10H8N2O2S. The Morgan fingerprint density at radius 2 is 2.00 bits per heavy atom. The van der Waals surface area contributed by atoms with E-state index in [2.05, 4.69) is 10.2 Å². The summed E-state index contributed by atoms with van der Waals surface area (Å²) in [5.74, 6) is 0. The molecule has 1 N–H and O–H groups in total. The maximum atomic E-state index is 12.1. The first-order valence-corrected chi connectivity index (χ1v) is 6.00. The van der Waals surface area contributed by atoms with Crippen LogP contribution < -0.4 is 0 Å². The quantitative estimate of drug-likeness (QED) is 0.625. The predicted molar refractivity (Wildman–Crippen MR) is 54.2 cm³/mol. The van der Waals surface area contributed by atoms with Crippen LogP contribution >= 0.6 is 0 Å². The Kier molecular flexibility index (Phi) is 1.44. The zero-order chi connectivity index (χ0) is 10.6. The molecule has 3 rings (SSSR count). The molecule has 0 amide bonds. The van der Waals surface area contributed by atoms with Gasteiger partial charge in [-0.2, -0.15) is 5.10 Å². The van der Waals surface area contributed by atoms with Crippen molar-refractivity contribution in [2.45, 2.75) is 16.7 Å². The molecule has 0 bridgehead atoms. The molecule has 76 valence electrons. The van der Waals surface area contributed by atoms with Gasteiger partial charge in [0, 0.05) is 5.56 Å². The van der Waals surface area contributed by atoms with Gasteiger partial charge in [-0.15, -0.1) is 0 Å². The van der Waals surface area contributed by atoms with E-state index >= 15 is 0 Å².